The summed E-state index contributed by atoms with van der Waals surface area (Å²) in [6.07, 6.45) is 2.31. The second-order valence-corrected chi connectivity index (χ2v) is 3.13. The van der Waals surface area contributed by atoms with E-state index in [1.54, 1.807) is 0 Å². The summed E-state index contributed by atoms with van der Waals surface area (Å²) in [5.41, 5.74) is 5.87. The molecule has 1 aromatic heterocycles. The average molecular weight is 250 g/mol. The van der Waals surface area contributed by atoms with Crippen LogP contribution in [-0.2, 0) is 9.59 Å². The molecule has 7 heteroatoms. The quantitative estimate of drug-likeness (QED) is 0.707. The van der Waals surface area contributed by atoms with Crippen molar-refractivity contribution in [2.24, 2.45) is 5.73 Å². The summed E-state index contributed by atoms with van der Waals surface area (Å²) in [7, 11) is 0. The molecule has 0 aliphatic heterocycles. The minimum Gasteiger partial charge on any atom is -0.481 e. The van der Waals surface area contributed by atoms with Crippen LogP contribution in [0.2, 0.25) is 0 Å². The smallest absolute Gasteiger partial charge is 0.321 e. The van der Waals surface area contributed by atoms with Gasteiger partial charge in [-0.3, -0.25) is 9.59 Å². The normalized spacial score (nSPS) is 13.6. The number of halogens is 1. The number of hydrogen-bond donors (Lipinski definition) is 3. The number of rotatable bonds is 5. The summed E-state index contributed by atoms with van der Waals surface area (Å²) in [6.45, 7) is 0. The minimum atomic E-state index is -1.25. The monoisotopic (exact) mass is 249 g/mol. The van der Waals surface area contributed by atoms with Crippen LogP contribution in [0.15, 0.2) is 23.0 Å². The molecule has 0 radical (unpaired) electrons. The second-order valence-electron chi connectivity index (χ2n) is 3.13. The molecule has 0 aliphatic rings. The van der Waals surface area contributed by atoms with E-state index in [4.69, 9.17) is 20.4 Å². The summed E-state index contributed by atoms with van der Waals surface area (Å²) in [5, 5.41) is 17.3. The number of carboxylic acids is 2. The maximum absolute atomic E-state index is 10.7. The SMILES string of the molecule is Cl.N[C@@H](C(=O)O)[C@@H](CC(=O)O)c1ccoc1. The lowest BCUT2D eigenvalue weighted by Crippen LogP contribution is -2.37. The molecule has 0 unspecified atom stereocenters. The highest BCUT2D eigenvalue weighted by atomic mass is 35.5. The van der Waals surface area contributed by atoms with E-state index in [1.165, 1.54) is 18.6 Å². The predicted octanol–water partition coefficient (Wildman–Crippen LogP) is 0.672. The van der Waals surface area contributed by atoms with E-state index in [0.29, 0.717) is 5.56 Å². The fourth-order valence-corrected chi connectivity index (χ4v) is 1.30. The summed E-state index contributed by atoms with van der Waals surface area (Å²) in [5.74, 6) is -3.11. The second kappa shape index (κ2) is 6.14. The van der Waals surface area contributed by atoms with E-state index in [0.717, 1.165) is 0 Å². The molecule has 0 amide bonds. The van der Waals surface area contributed by atoms with Gasteiger partial charge < -0.3 is 20.4 Å². The van der Waals surface area contributed by atoms with Gasteiger partial charge in [-0.2, -0.15) is 0 Å². The molecular weight excluding hydrogens is 238 g/mol. The van der Waals surface area contributed by atoms with Gasteiger partial charge in [0.2, 0.25) is 0 Å². The minimum absolute atomic E-state index is 0. The van der Waals surface area contributed by atoms with Crippen LogP contribution in [0.1, 0.15) is 17.9 Å². The third-order valence-corrected chi connectivity index (χ3v) is 2.08. The third-order valence-electron chi connectivity index (χ3n) is 2.08. The Kier molecular flexibility index (Phi) is 5.55. The first-order valence-electron chi connectivity index (χ1n) is 4.24. The molecule has 4 N–H and O–H groups in total. The zero-order valence-electron chi connectivity index (χ0n) is 8.20. The highest BCUT2D eigenvalue weighted by Gasteiger charge is 2.28. The predicted molar refractivity (Wildman–Crippen MR) is 56.6 cm³/mol. The van der Waals surface area contributed by atoms with Crippen molar-refractivity contribution in [1.29, 1.82) is 0 Å². The van der Waals surface area contributed by atoms with Crippen LogP contribution in [0.25, 0.3) is 0 Å². The van der Waals surface area contributed by atoms with E-state index in [2.05, 4.69) is 0 Å². The van der Waals surface area contributed by atoms with Gasteiger partial charge in [0.25, 0.3) is 0 Å². The van der Waals surface area contributed by atoms with Crippen LogP contribution in [0.4, 0.5) is 0 Å². The van der Waals surface area contributed by atoms with Crippen molar-refractivity contribution in [2.75, 3.05) is 0 Å². The van der Waals surface area contributed by atoms with Crippen molar-refractivity contribution >= 4 is 24.3 Å². The summed E-state index contributed by atoms with van der Waals surface area (Å²) in [4.78, 5) is 21.2. The van der Waals surface area contributed by atoms with Gasteiger partial charge in [-0.25, -0.2) is 0 Å². The van der Waals surface area contributed by atoms with Crippen molar-refractivity contribution in [3.63, 3.8) is 0 Å². The lowest BCUT2D eigenvalue weighted by molar-refractivity contribution is -0.140. The Hall–Kier alpha value is -1.53. The van der Waals surface area contributed by atoms with Crippen molar-refractivity contribution in [2.45, 2.75) is 18.4 Å². The zero-order valence-corrected chi connectivity index (χ0v) is 9.02. The van der Waals surface area contributed by atoms with Gasteiger partial charge in [0, 0.05) is 5.92 Å². The van der Waals surface area contributed by atoms with Gasteiger partial charge >= 0.3 is 11.9 Å². The molecule has 1 rings (SSSR count). The number of carbonyl (C=O) groups is 2. The molecule has 16 heavy (non-hydrogen) atoms. The lowest BCUT2D eigenvalue weighted by Gasteiger charge is -2.16. The molecule has 90 valence electrons. The Bertz CT molecular complexity index is 351. The first kappa shape index (κ1) is 14.5. The van der Waals surface area contributed by atoms with Crippen LogP contribution < -0.4 is 5.73 Å². The van der Waals surface area contributed by atoms with Gasteiger partial charge in [0.1, 0.15) is 6.04 Å². The van der Waals surface area contributed by atoms with Gasteiger partial charge in [-0.05, 0) is 11.6 Å². The molecule has 0 saturated heterocycles. The van der Waals surface area contributed by atoms with Crippen LogP contribution in [0.5, 0.6) is 0 Å². The number of hydrogen-bond acceptors (Lipinski definition) is 4. The number of aliphatic carboxylic acids is 2. The largest absolute Gasteiger partial charge is 0.481 e. The molecule has 1 heterocycles. The van der Waals surface area contributed by atoms with Gasteiger partial charge in [0.05, 0.1) is 18.9 Å². The van der Waals surface area contributed by atoms with E-state index in [1.807, 2.05) is 0 Å². The molecule has 6 nitrogen and oxygen atoms in total. The van der Waals surface area contributed by atoms with Crippen molar-refractivity contribution in [1.82, 2.24) is 0 Å². The van der Waals surface area contributed by atoms with Crippen molar-refractivity contribution < 1.29 is 24.2 Å². The molecule has 0 fully saturated rings. The third kappa shape index (κ3) is 3.56. The Labute approximate surface area is 97.5 Å². The molecule has 0 bridgehead atoms. The maximum Gasteiger partial charge on any atom is 0.321 e. The van der Waals surface area contributed by atoms with Crippen molar-refractivity contribution in [3.05, 3.63) is 24.2 Å². The Morgan fingerprint density at radius 1 is 1.44 bits per heavy atom. The van der Waals surface area contributed by atoms with Crippen LogP contribution >= 0.6 is 12.4 Å². The van der Waals surface area contributed by atoms with Crippen molar-refractivity contribution in [3.8, 4) is 0 Å². The highest BCUT2D eigenvalue weighted by molar-refractivity contribution is 5.85. The van der Waals surface area contributed by atoms with Crippen LogP contribution in [0.3, 0.4) is 0 Å². The van der Waals surface area contributed by atoms with Crippen LogP contribution in [0, 0.1) is 0 Å². The molecule has 0 aromatic carbocycles. The maximum atomic E-state index is 10.7. The zero-order chi connectivity index (χ0) is 11.4. The fourth-order valence-electron chi connectivity index (χ4n) is 1.30. The first-order valence-corrected chi connectivity index (χ1v) is 4.24. The Balaban J connectivity index is 0.00000225. The standard InChI is InChI=1S/C9H11NO5.ClH/c10-8(9(13)14)6(3-7(11)12)5-1-2-15-4-5;/h1-2,4,6,8H,3,10H2,(H,11,12)(H,13,14);1H/t6-,8+;/m0./s1. The Morgan fingerprint density at radius 3 is 2.44 bits per heavy atom. The number of carboxylic acid groups (broad SMARTS) is 2. The Morgan fingerprint density at radius 2 is 2.06 bits per heavy atom. The number of nitrogens with two attached hydrogens (primary N) is 1. The molecular formula is C9H12ClNO5. The lowest BCUT2D eigenvalue weighted by atomic mass is 9.91. The summed E-state index contributed by atoms with van der Waals surface area (Å²) in [6, 6.07) is 0.259. The van der Waals surface area contributed by atoms with E-state index >= 15 is 0 Å². The molecule has 2 atom stereocenters. The van der Waals surface area contributed by atoms with E-state index in [9.17, 15) is 9.59 Å². The molecule has 1 aromatic rings. The van der Waals surface area contributed by atoms with Gasteiger partial charge in [-0.1, -0.05) is 0 Å². The van der Waals surface area contributed by atoms with E-state index < -0.39 is 23.9 Å². The van der Waals surface area contributed by atoms with Gasteiger partial charge in [0.15, 0.2) is 0 Å². The average Bonchev–Trinajstić information content (AvgIpc) is 2.65. The van der Waals surface area contributed by atoms with E-state index in [-0.39, 0.29) is 18.8 Å². The molecule has 0 spiro atoms. The topological polar surface area (TPSA) is 114 Å². The van der Waals surface area contributed by atoms with Gasteiger partial charge in [-0.15, -0.1) is 12.4 Å². The summed E-state index contributed by atoms with van der Waals surface area (Å²) < 4.78 is 4.77. The summed E-state index contributed by atoms with van der Waals surface area (Å²) >= 11 is 0. The number of furan rings is 1. The molecule has 0 aliphatic carbocycles. The fraction of sp³-hybridized carbons (Fsp3) is 0.333. The highest BCUT2D eigenvalue weighted by Crippen LogP contribution is 2.23. The first-order chi connectivity index (χ1) is 7.02. The molecule has 0 saturated carbocycles. The van der Waals surface area contributed by atoms with Crippen LogP contribution in [-0.4, -0.2) is 28.2 Å².